The van der Waals surface area contributed by atoms with Gasteiger partial charge in [0.05, 0.1) is 0 Å². The van der Waals surface area contributed by atoms with Crippen LogP contribution in [0.5, 0.6) is 0 Å². The summed E-state index contributed by atoms with van der Waals surface area (Å²) in [6.07, 6.45) is -1.23. The fraction of sp³-hybridized carbons (Fsp3) is 0.909. The Balaban J connectivity index is 0. The van der Waals surface area contributed by atoms with Crippen molar-refractivity contribution in [2.75, 3.05) is 0 Å². The molecule has 0 fully saturated rings. The summed E-state index contributed by atoms with van der Waals surface area (Å²) in [7, 11) is 0. The van der Waals surface area contributed by atoms with Crippen LogP contribution in [0.15, 0.2) is 0 Å². The molecule has 0 spiro atoms. The SMILES string of the molecule is CC(O)C(=O)O.C[CH2][Zr]([CH2]C)([CH2]C)[CH2]C. The first-order valence-electron chi connectivity index (χ1n) is 5.79. The Morgan fingerprint density at radius 2 is 1.27 bits per heavy atom. The third-order valence-corrected chi connectivity index (χ3v) is 18.1. The van der Waals surface area contributed by atoms with Gasteiger partial charge in [0.2, 0.25) is 0 Å². The molecule has 1 atom stereocenters. The number of aliphatic hydroxyl groups is 1. The molecule has 0 aliphatic carbocycles. The van der Waals surface area contributed by atoms with Gasteiger partial charge in [0.25, 0.3) is 0 Å². The van der Waals surface area contributed by atoms with E-state index in [1.165, 1.54) is 6.92 Å². The number of aliphatic carboxylic acids is 1. The van der Waals surface area contributed by atoms with Crippen LogP contribution in [0.3, 0.4) is 0 Å². The molecule has 2 N–H and O–H groups in total. The molecule has 0 aliphatic heterocycles. The topological polar surface area (TPSA) is 57.5 Å². The van der Waals surface area contributed by atoms with Crippen LogP contribution in [0.25, 0.3) is 0 Å². The van der Waals surface area contributed by atoms with Crippen LogP contribution in [0.4, 0.5) is 0 Å². The van der Waals surface area contributed by atoms with Crippen LogP contribution in [-0.2, 0) is 25.1 Å². The second kappa shape index (κ2) is 9.53. The summed E-state index contributed by atoms with van der Waals surface area (Å²) in [5.74, 6) is -1.19. The van der Waals surface area contributed by atoms with Gasteiger partial charge in [0.1, 0.15) is 6.10 Å². The second-order valence-corrected chi connectivity index (χ2v) is 18.3. The summed E-state index contributed by atoms with van der Waals surface area (Å²) in [5, 5.41) is 15.8. The summed E-state index contributed by atoms with van der Waals surface area (Å²) in [5.41, 5.74) is 0. The monoisotopic (exact) mass is 296 g/mol. The van der Waals surface area contributed by atoms with Gasteiger partial charge in [-0.2, -0.15) is 0 Å². The maximum absolute atomic E-state index is 9.45. The summed E-state index contributed by atoms with van der Waals surface area (Å²) >= 11 is -1.39. The molecule has 92 valence electrons. The molecule has 0 aromatic heterocycles. The van der Waals surface area contributed by atoms with Crippen molar-refractivity contribution in [3.8, 4) is 0 Å². The molecular formula is C11H26O3Zr. The van der Waals surface area contributed by atoms with E-state index in [9.17, 15) is 4.79 Å². The van der Waals surface area contributed by atoms with Crippen LogP contribution >= 0.6 is 0 Å². The fourth-order valence-corrected chi connectivity index (χ4v) is 8.87. The van der Waals surface area contributed by atoms with Crippen molar-refractivity contribution in [2.24, 2.45) is 0 Å². The molecular weight excluding hydrogens is 271 g/mol. The minimum atomic E-state index is -1.39. The molecule has 0 bridgehead atoms. The first-order chi connectivity index (χ1) is 6.89. The van der Waals surface area contributed by atoms with E-state index >= 15 is 0 Å². The summed E-state index contributed by atoms with van der Waals surface area (Å²) in [6, 6.07) is 0. The van der Waals surface area contributed by atoms with Crippen LogP contribution < -0.4 is 0 Å². The predicted molar refractivity (Wildman–Crippen MR) is 61.2 cm³/mol. The quantitative estimate of drug-likeness (QED) is 0.818. The fourth-order valence-electron chi connectivity index (χ4n) is 1.50. The molecule has 0 aromatic rings. The molecule has 0 rings (SSSR count). The Hall–Kier alpha value is 0.313. The van der Waals surface area contributed by atoms with Gasteiger partial charge in [-0.25, -0.2) is 4.79 Å². The molecule has 0 radical (unpaired) electrons. The van der Waals surface area contributed by atoms with Crippen molar-refractivity contribution < 1.29 is 35.3 Å². The Bertz CT molecular complexity index is 148. The number of carboxylic acids is 1. The Morgan fingerprint density at radius 3 is 1.27 bits per heavy atom. The van der Waals surface area contributed by atoms with Crippen molar-refractivity contribution in [3.05, 3.63) is 0 Å². The Kier molecular flexibility index (Phi) is 11.2. The standard InChI is InChI=1S/C3H6O3.4C2H5.Zr/c1-2(4)3(5)6;4*1-2;/h2,4H,1H3,(H,5,6);4*1H2,2H3;. The van der Waals surface area contributed by atoms with Crippen LogP contribution in [0.1, 0.15) is 34.6 Å². The molecule has 0 amide bonds. The van der Waals surface area contributed by atoms with Crippen LogP contribution in [-0.4, -0.2) is 22.3 Å². The van der Waals surface area contributed by atoms with Crippen molar-refractivity contribution in [1.29, 1.82) is 0 Å². The third kappa shape index (κ3) is 8.15. The van der Waals surface area contributed by atoms with Crippen molar-refractivity contribution in [1.82, 2.24) is 0 Å². The zero-order valence-corrected chi connectivity index (χ0v) is 13.2. The summed E-state index contributed by atoms with van der Waals surface area (Å²) in [4.78, 5) is 9.45. The molecule has 0 heterocycles. The predicted octanol–water partition coefficient (Wildman–Crippen LogP) is 3.34. The number of aliphatic hydroxyl groups excluding tert-OH is 1. The maximum atomic E-state index is 9.45. The molecule has 3 nitrogen and oxygen atoms in total. The van der Waals surface area contributed by atoms with E-state index in [1.54, 1.807) is 16.5 Å². The van der Waals surface area contributed by atoms with Gasteiger partial charge in [-0.3, -0.25) is 0 Å². The van der Waals surface area contributed by atoms with Crippen molar-refractivity contribution >= 4 is 5.97 Å². The van der Waals surface area contributed by atoms with E-state index in [1.807, 2.05) is 0 Å². The van der Waals surface area contributed by atoms with E-state index in [4.69, 9.17) is 10.2 Å². The first-order valence-corrected chi connectivity index (χ1v) is 12.7. The molecule has 0 saturated heterocycles. The van der Waals surface area contributed by atoms with E-state index < -0.39 is 32.3 Å². The van der Waals surface area contributed by atoms with Crippen LogP contribution in [0.2, 0.25) is 16.5 Å². The number of hydrogen-bond acceptors (Lipinski definition) is 2. The molecule has 0 aromatic carbocycles. The average molecular weight is 298 g/mol. The van der Waals surface area contributed by atoms with Gasteiger partial charge < -0.3 is 10.2 Å². The van der Waals surface area contributed by atoms with Gasteiger partial charge >= 0.3 is 70.4 Å². The number of hydrogen-bond donors (Lipinski definition) is 2. The number of carbonyl (C=O) groups is 1. The zero-order chi connectivity index (χ0) is 12.5. The van der Waals surface area contributed by atoms with Gasteiger partial charge in [-0.05, 0) is 6.92 Å². The van der Waals surface area contributed by atoms with E-state index in [0.717, 1.165) is 0 Å². The van der Waals surface area contributed by atoms with Crippen molar-refractivity contribution in [3.63, 3.8) is 0 Å². The summed E-state index contributed by atoms with van der Waals surface area (Å²) in [6.45, 7) is 10.8. The van der Waals surface area contributed by atoms with Gasteiger partial charge in [0, 0.05) is 0 Å². The average Bonchev–Trinajstić information content (AvgIpc) is 2.23. The Morgan fingerprint density at radius 1 is 1.07 bits per heavy atom. The third-order valence-electron chi connectivity index (χ3n) is 3.36. The van der Waals surface area contributed by atoms with Gasteiger partial charge in [0.15, 0.2) is 0 Å². The molecule has 15 heavy (non-hydrogen) atoms. The first kappa shape index (κ1) is 17.7. The second-order valence-electron chi connectivity index (χ2n) is 3.93. The normalized spacial score (nSPS) is 12.7. The van der Waals surface area contributed by atoms with Crippen LogP contribution in [0, 0.1) is 0 Å². The minimum absolute atomic E-state index is 1.19. The Labute approximate surface area is 98.3 Å². The molecule has 1 unspecified atom stereocenters. The van der Waals surface area contributed by atoms with Crippen molar-refractivity contribution in [2.45, 2.75) is 57.2 Å². The number of rotatable bonds is 5. The van der Waals surface area contributed by atoms with Gasteiger partial charge in [-0.15, -0.1) is 0 Å². The molecule has 0 aliphatic rings. The molecule has 4 heteroatoms. The zero-order valence-electron chi connectivity index (χ0n) is 10.7. The van der Waals surface area contributed by atoms with E-state index in [2.05, 4.69) is 27.7 Å². The van der Waals surface area contributed by atoms with Gasteiger partial charge in [-0.1, -0.05) is 0 Å². The number of carboxylic acid groups (broad SMARTS) is 1. The van der Waals surface area contributed by atoms with E-state index in [0.29, 0.717) is 0 Å². The molecule has 0 saturated carbocycles. The van der Waals surface area contributed by atoms with E-state index in [-0.39, 0.29) is 0 Å². The summed E-state index contributed by atoms with van der Waals surface area (Å²) < 4.78 is 6.22.